The van der Waals surface area contributed by atoms with E-state index in [9.17, 15) is 22.8 Å². The van der Waals surface area contributed by atoms with Crippen LogP contribution in [0.3, 0.4) is 0 Å². The minimum Gasteiger partial charge on any atom is -0.353 e. The van der Waals surface area contributed by atoms with Gasteiger partial charge in [0.1, 0.15) is 11.5 Å². The van der Waals surface area contributed by atoms with E-state index in [4.69, 9.17) is 4.98 Å². The second kappa shape index (κ2) is 12.7. The number of alkyl halides is 3. The minimum atomic E-state index is -4.42. The highest BCUT2D eigenvalue weighted by Gasteiger charge is 2.32. The molecule has 0 aliphatic carbocycles. The number of amides is 2. The van der Waals surface area contributed by atoms with Crippen LogP contribution in [0, 0.1) is 0 Å². The number of hydrogen-bond acceptors (Lipinski definition) is 7. The topological polar surface area (TPSA) is 82.5 Å². The molecule has 0 radical (unpaired) electrons. The van der Waals surface area contributed by atoms with Gasteiger partial charge in [-0.3, -0.25) is 14.6 Å². The van der Waals surface area contributed by atoms with Gasteiger partial charge in [0.25, 0.3) is 11.8 Å². The first kappa shape index (κ1) is 30.8. The van der Waals surface area contributed by atoms with Crippen molar-refractivity contribution >= 4 is 39.7 Å². The van der Waals surface area contributed by atoms with Gasteiger partial charge in [-0.15, -0.1) is 11.3 Å². The van der Waals surface area contributed by atoms with Crippen LogP contribution in [0.5, 0.6) is 0 Å². The molecule has 5 heterocycles. The third-order valence-electron chi connectivity index (χ3n) is 8.96. The van der Waals surface area contributed by atoms with Crippen molar-refractivity contribution in [3.63, 3.8) is 0 Å². The van der Waals surface area contributed by atoms with Gasteiger partial charge in [-0.05, 0) is 54.3 Å². The van der Waals surface area contributed by atoms with Crippen molar-refractivity contribution in [1.29, 1.82) is 0 Å². The largest absolute Gasteiger partial charge is 0.416 e. The second-order valence-electron chi connectivity index (χ2n) is 11.8. The van der Waals surface area contributed by atoms with Crippen LogP contribution in [0.2, 0.25) is 0 Å². The SMILES string of the molecule is O=C(c1csc(C2CCN(C(=O)c3ccccc3-c3ccc(C(F)(F)F)cc3)CC2)n1)N1CCN(c2nccc3cnccc23)CC1. The second-order valence-corrected chi connectivity index (χ2v) is 12.7. The Hall–Kier alpha value is -4.84. The number of anilines is 1. The Bertz CT molecular complexity index is 1910. The molecule has 2 amide bonds. The van der Waals surface area contributed by atoms with E-state index in [1.165, 1.54) is 23.5 Å². The van der Waals surface area contributed by atoms with Crippen LogP contribution in [0.25, 0.3) is 21.9 Å². The number of benzene rings is 2. The highest BCUT2D eigenvalue weighted by molar-refractivity contribution is 7.09. The highest BCUT2D eigenvalue weighted by atomic mass is 32.1. The molecule has 0 atom stereocenters. The van der Waals surface area contributed by atoms with E-state index >= 15 is 0 Å². The summed E-state index contributed by atoms with van der Waals surface area (Å²) in [7, 11) is 0. The van der Waals surface area contributed by atoms with Gasteiger partial charge in [0.15, 0.2) is 0 Å². The number of carbonyl (C=O) groups is 2. The average molecular weight is 657 g/mol. The van der Waals surface area contributed by atoms with Crippen molar-refractivity contribution in [2.75, 3.05) is 44.2 Å². The lowest BCUT2D eigenvalue weighted by Crippen LogP contribution is -2.49. The Morgan fingerprint density at radius 3 is 2.28 bits per heavy atom. The van der Waals surface area contributed by atoms with E-state index < -0.39 is 11.7 Å². The maximum atomic E-state index is 13.6. The molecule has 2 aliphatic rings. The van der Waals surface area contributed by atoms with E-state index in [2.05, 4.69) is 14.9 Å². The zero-order valence-corrected chi connectivity index (χ0v) is 26.2. The first-order valence-corrected chi connectivity index (χ1v) is 16.4. The zero-order chi connectivity index (χ0) is 32.5. The Labute approximate surface area is 273 Å². The number of rotatable bonds is 5. The molecule has 0 spiro atoms. The molecule has 2 aromatic carbocycles. The fourth-order valence-electron chi connectivity index (χ4n) is 6.37. The van der Waals surface area contributed by atoms with Crippen molar-refractivity contribution in [2.24, 2.45) is 0 Å². The van der Waals surface area contributed by atoms with Crippen molar-refractivity contribution in [3.8, 4) is 11.1 Å². The maximum Gasteiger partial charge on any atom is 0.416 e. The van der Waals surface area contributed by atoms with Gasteiger partial charge in [-0.25, -0.2) is 9.97 Å². The van der Waals surface area contributed by atoms with Gasteiger partial charge in [-0.2, -0.15) is 13.2 Å². The number of likely N-dealkylation sites (tertiary alicyclic amines) is 1. The van der Waals surface area contributed by atoms with Crippen LogP contribution in [-0.4, -0.2) is 75.8 Å². The summed E-state index contributed by atoms with van der Waals surface area (Å²) in [6.07, 6.45) is 2.38. The zero-order valence-electron chi connectivity index (χ0n) is 25.4. The van der Waals surface area contributed by atoms with Gasteiger partial charge in [-0.1, -0.05) is 30.3 Å². The van der Waals surface area contributed by atoms with Gasteiger partial charge in [0, 0.05) is 85.5 Å². The van der Waals surface area contributed by atoms with Gasteiger partial charge in [0.05, 0.1) is 10.6 Å². The van der Waals surface area contributed by atoms with Crippen molar-refractivity contribution in [1.82, 2.24) is 24.8 Å². The van der Waals surface area contributed by atoms with Crippen LogP contribution in [-0.2, 0) is 6.18 Å². The summed E-state index contributed by atoms with van der Waals surface area (Å²) in [4.78, 5) is 46.4. The van der Waals surface area contributed by atoms with E-state index in [1.807, 2.05) is 28.6 Å². The van der Waals surface area contributed by atoms with Crippen molar-refractivity contribution < 1.29 is 22.8 Å². The minimum absolute atomic E-state index is 0.0743. The molecule has 0 unspecified atom stereocenters. The molecule has 0 N–H and O–H groups in total. The number of nitrogens with zero attached hydrogens (tertiary/aromatic N) is 6. The lowest BCUT2D eigenvalue weighted by molar-refractivity contribution is -0.137. The predicted molar refractivity (Wildman–Crippen MR) is 175 cm³/mol. The summed E-state index contributed by atoms with van der Waals surface area (Å²) < 4.78 is 39.2. The number of piperazine rings is 1. The summed E-state index contributed by atoms with van der Waals surface area (Å²) in [5, 5.41) is 4.81. The number of halogens is 3. The molecule has 240 valence electrons. The number of pyridine rings is 2. The third kappa shape index (κ3) is 6.29. The van der Waals surface area contributed by atoms with Gasteiger partial charge < -0.3 is 14.7 Å². The molecule has 47 heavy (non-hydrogen) atoms. The van der Waals surface area contributed by atoms with Crippen LogP contribution in [0.1, 0.15) is 50.2 Å². The number of hydrogen-bond donors (Lipinski definition) is 0. The van der Waals surface area contributed by atoms with Gasteiger partial charge >= 0.3 is 6.18 Å². The lowest BCUT2D eigenvalue weighted by atomic mass is 9.94. The fraction of sp³-hybridized carbons (Fsp3) is 0.286. The molecule has 12 heteroatoms. The summed E-state index contributed by atoms with van der Waals surface area (Å²) in [6, 6.07) is 15.8. The third-order valence-corrected chi connectivity index (χ3v) is 9.97. The van der Waals surface area contributed by atoms with Crippen LogP contribution in [0.4, 0.5) is 19.0 Å². The Kier molecular flexibility index (Phi) is 8.35. The summed E-state index contributed by atoms with van der Waals surface area (Å²) in [5.74, 6) is 0.818. The van der Waals surface area contributed by atoms with E-state index in [0.29, 0.717) is 74.5 Å². The predicted octanol–water partition coefficient (Wildman–Crippen LogP) is 6.75. The first-order valence-electron chi connectivity index (χ1n) is 15.5. The maximum absolute atomic E-state index is 13.6. The number of thiazole rings is 1. The number of aromatic nitrogens is 3. The molecule has 5 aromatic rings. The Balaban J connectivity index is 0.959. The molecule has 8 nitrogen and oxygen atoms in total. The number of fused-ring (bicyclic) bond motifs is 1. The summed E-state index contributed by atoms with van der Waals surface area (Å²) in [5.41, 5.74) is 1.34. The molecule has 3 aromatic heterocycles. The van der Waals surface area contributed by atoms with E-state index in [1.54, 1.807) is 41.6 Å². The molecule has 7 rings (SSSR count). The number of carbonyl (C=O) groups excluding carboxylic acids is 2. The van der Waals surface area contributed by atoms with Crippen LogP contribution in [0.15, 0.2) is 84.6 Å². The molecular formula is C35H31F3N6O2S. The van der Waals surface area contributed by atoms with Crippen molar-refractivity contribution in [3.05, 3.63) is 106 Å². The monoisotopic (exact) mass is 656 g/mol. The highest BCUT2D eigenvalue weighted by Crippen LogP contribution is 2.34. The smallest absolute Gasteiger partial charge is 0.353 e. The Morgan fingerprint density at radius 1 is 0.809 bits per heavy atom. The molecule has 2 saturated heterocycles. The molecule has 0 saturated carbocycles. The van der Waals surface area contributed by atoms with Gasteiger partial charge in [0.2, 0.25) is 0 Å². The number of piperidine rings is 1. The van der Waals surface area contributed by atoms with Crippen LogP contribution >= 0.6 is 11.3 Å². The normalized spacial score (nSPS) is 16.1. The Morgan fingerprint density at radius 2 is 1.53 bits per heavy atom. The summed E-state index contributed by atoms with van der Waals surface area (Å²) >= 11 is 1.49. The molecule has 2 fully saturated rings. The van der Waals surface area contributed by atoms with Crippen LogP contribution < -0.4 is 4.90 Å². The fourth-order valence-corrected chi connectivity index (χ4v) is 7.33. The quantitative estimate of drug-likeness (QED) is 0.208. The average Bonchev–Trinajstić information content (AvgIpc) is 3.61. The summed E-state index contributed by atoms with van der Waals surface area (Å²) in [6.45, 7) is 3.53. The van der Waals surface area contributed by atoms with E-state index in [0.717, 1.165) is 33.7 Å². The lowest BCUT2D eigenvalue weighted by Gasteiger charge is -2.35. The van der Waals surface area contributed by atoms with Crippen molar-refractivity contribution in [2.45, 2.75) is 24.9 Å². The molecule has 2 aliphatic heterocycles. The first-order chi connectivity index (χ1) is 22.8. The molecular weight excluding hydrogens is 625 g/mol. The van der Waals surface area contributed by atoms with E-state index in [-0.39, 0.29) is 17.7 Å². The molecule has 0 bridgehead atoms. The standard InChI is InChI=1S/C35H31F3N6O2S/c36-35(37,38)26-7-5-23(6-8-26)27-3-1-2-4-29(27)33(45)43-15-11-24(12-16-43)32-41-30(22-47-32)34(46)44-19-17-42(18-20-44)31-28-10-13-39-21-25(28)9-14-40-31/h1-10,13-14,21-22,24H,11-12,15-20H2.